The van der Waals surface area contributed by atoms with Gasteiger partial charge in [-0.2, -0.15) is 0 Å². The Balaban J connectivity index is 2.12. The molecular weight excluding hydrogens is 229 g/mol. The van der Waals surface area contributed by atoms with E-state index in [4.69, 9.17) is 5.73 Å². The maximum absolute atomic E-state index is 13.3. The number of phenolic OH excluding ortho intramolecular Hbond substituents is 1. The van der Waals surface area contributed by atoms with Crippen LogP contribution in [0.2, 0.25) is 0 Å². The number of phenols is 1. The Morgan fingerprint density at radius 2 is 1.89 bits per heavy atom. The molecule has 0 saturated carbocycles. The smallest absolute Gasteiger partial charge is 0.165 e. The maximum Gasteiger partial charge on any atom is 0.165 e. The fraction of sp³-hybridized carbons (Fsp3) is 0.200. The molecule has 0 bridgehead atoms. The van der Waals surface area contributed by atoms with Crippen LogP contribution in [0, 0.1) is 5.82 Å². The highest BCUT2D eigenvalue weighted by Crippen LogP contribution is 2.39. The molecule has 1 aliphatic carbocycles. The van der Waals surface area contributed by atoms with E-state index in [1.54, 1.807) is 0 Å². The Hall–Kier alpha value is -1.87. The van der Waals surface area contributed by atoms with E-state index >= 15 is 0 Å². The zero-order chi connectivity index (χ0) is 12.7. The number of nitrogens with two attached hydrogens (primary N) is 1. The summed E-state index contributed by atoms with van der Waals surface area (Å²) < 4.78 is 13.3. The van der Waals surface area contributed by atoms with E-state index in [1.165, 1.54) is 12.1 Å². The van der Waals surface area contributed by atoms with Crippen LogP contribution in [0.25, 0.3) is 0 Å². The van der Waals surface area contributed by atoms with Crippen molar-refractivity contribution in [1.82, 2.24) is 0 Å². The Morgan fingerprint density at radius 3 is 2.61 bits per heavy atom. The number of rotatable bonds is 1. The molecule has 0 unspecified atom stereocenters. The lowest BCUT2D eigenvalue weighted by atomic mass is 9.90. The molecule has 3 rings (SSSR count). The molecule has 0 radical (unpaired) electrons. The second-order valence-electron chi connectivity index (χ2n) is 4.76. The predicted molar refractivity (Wildman–Crippen MR) is 68.0 cm³/mol. The predicted octanol–water partition coefficient (Wildman–Crippen LogP) is 2.55. The Kier molecular flexibility index (Phi) is 2.56. The van der Waals surface area contributed by atoms with Crippen LogP contribution in [-0.2, 0) is 6.42 Å². The van der Waals surface area contributed by atoms with E-state index in [0.29, 0.717) is 6.42 Å². The summed E-state index contributed by atoms with van der Waals surface area (Å²) in [5.74, 6) is -0.842. The van der Waals surface area contributed by atoms with Crippen molar-refractivity contribution in [1.29, 1.82) is 0 Å². The lowest BCUT2D eigenvalue weighted by molar-refractivity contribution is 0.431. The molecule has 92 valence electrons. The number of hydrogen-bond acceptors (Lipinski definition) is 2. The van der Waals surface area contributed by atoms with Crippen LogP contribution < -0.4 is 5.73 Å². The van der Waals surface area contributed by atoms with Crippen molar-refractivity contribution in [2.45, 2.75) is 18.4 Å². The average Bonchev–Trinajstić information content (AvgIpc) is 2.66. The van der Waals surface area contributed by atoms with Crippen molar-refractivity contribution >= 4 is 0 Å². The molecule has 2 aromatic carbocycles. The summed E-state index contributed by atoms with van der Waals surface area (Å²) in [6.45, 7) is 0. The zero-order valence-electron chi connectivity index (χ0n) is 9.81. The molecule has 2 aromatic rings. The van der Waals surface area contributed by atoms with Crippen molar-refractivity contribution in [3.63, 3.8) is 0 Å². The van der Waals surface area contributed by atoms with Gasteiger partial charge in [0.2, 0.25) is 0 Å². The van der Waals surface area contributed by atoms with Crippen LogP contribution in [0.4, 0.5) is 4.39 Å². The molecule has 2 atom stereocenters. The van der Waals surface area contributed by atoms with Crippen LogP contribution >= 0.6 is 0 Å². The Bertz CT molecular complexity index is 583. The number of aromatic hydroxyl groups is 1. The summed E-state index contributed by atoms with van der Waals surface area (Å²) in [5.41, 5.74) is 9.10. The summed E-state index contributed by atoms with van der Waals surface area (Å²) in [6, 6.07) is 12.7. The first-order chi connectivity index (χ1) is 8.66. The third kappa shape index (κ3) is 1.68. The lowest BCUT2D eigenvalue weighted by Gasteiger charge is -2.17. The number of benzene rings is 2. The van der Waals surface area contributed by atoms with E-state index < -0.39 is 5.82 Å². The normalized spacial score (nSPS) is 21.9. The van der Waals surface area contributed by atoms with Gasteiger partial charge in [0.1, 0.15) is 0 Å². The minimum atomic E-state index is -0.574. The van der Waals surface area contributed by atoms with Crippen LogP contribution in [0.3, 0.4) is 0 Å². The standard InChI is InChI=1S/C15H14FNO/c16-12-6-10-7-13(17)15(11(10)8-14(12)18)9-4-2-1-3-5-9/h1-6,8,13,15,18H,7,17H2/t13-,15-/m1/s1. The van der Waals surface area contributed by atoms with Crippen LogP contribution in [0.15, 0.2) is 42.5 Å². The Labute approximate surface area is 105 Å². The summed E-state index contributed by atoms with van der Waals surface area (Å²) >= 11 is 0. The SMILES string of the molecule is N[C@@H]1Cc2cc(F)c(O)cc2[C@H]1c1ccccc1. The third-order valence-electron chi connectivity index (χ3n) is 3.59. The van der Waals surface area contributed by atoms with Gasteiger partial charge in [0.05, 0.1) is 0 Å². The number of fused-ring (bicyclic) bond motifs is 1. The van der Waals surface area contributed by atoms with E-state index in [-0.39, 0.29) is 17.7 Å². The first kappa shape index (κ1) is 11.2. The Morgan fingerprint density at radius 1 is 1.17 bits per heavy atom. The van der Waals surface area contributed by atoms with Gasteiger partial charge in [0.25, 0.3) is 0 Å². The van der Waals surface area contributed by atoms with Gasteiger partial charge in [0.15, 0.2) is 11.6 Å². The summed E-state index contributed by atoms with van der Waals surface area (Å²) in [6.07, 6.45) is 0.645. The summed E-state index contributed by atoms with van der Waals surface area (Å²) in [7, 11) is 0. The molecule has 3 N–H and O–H groups in total. The monoisotopic (exact) mass is 243 g/mol. The van der Waals surface area contributed by atoms with Crippen LogP contribution in [0.1, 0.15) is 22.6 Å². The molecule has 18 heavy (non-hydrogen) atoms. The van der Waals surface area contributed by atoms with Crippen molar-refractivity contribution in [2.24, 2.45) is 5.73 Å². The van der Waals surface area contributed by atoms with Gasteiger partial charge >= 0.3 is 0 Å². The zero-order valence-corrected chi connectivity index (χ0v) is 9.81. The molecular formula is C15H14FNO. The topological polar surface area (TPSA) is 46.2 Å². The van der Waals surface area contributed by atoms with E-state index in [0.717, 1.165) is 16.7 Å². The van der Waals surface area contributed by atoms with E-state index in [9.17, 15) is 9.50 Å². The fourth-order valence-corrected chi connectivity index (χ4v) is 2.78. The molecule has 0 saturated heterocycles. The van der Waals surface area contributed by atoms with Crippen molar-refractivity contribution < 1.29 is 9.50 Å². The van der Waals surface area contributed by atoms with Crippen molar-refractivity contribution in [2.75, 3.05) is 0 Å². The number of hydrogen-bond donors (Lipinski definition) is 2. The first-order valence-electron chi connectivity index (χ1n) is 5.98. The molecule has 0 fully saturated rings. The molecule has 0 aromatic heterocycles. The molecule has 2 nitrogen and oxygen atoms in total. The van der Waals surface area contributed by atoms with E-state index in [1.807, 2.05) is 30.3 Å². The van der Waals surface area contributed by atoms with Gasteiger partial charge in [-0.1, -0.05) is 30.3 Å². The van der Waals surface area contributed by atoms with E-state index in [2.05, 4.69) is 0 Å². The minimum absolute atomic E-state index is 0.0349. The largest absolute Gasteiger partial charge is 0.505 e. The minimum Gasteiger partial charge on any atom is -0.505 e. The van der Waals surface area contributed by atoms with Gasteiger partial charge in [-0.05, 0) is 35.2 Å². The molecule has 0 amide bonds. The number of halogens is 1. The summed E-state index contributed by atoms with van der Waals surface area (Å²) in [5, 5.41) is 9.52. The fourth-order valence-electron chi connectivity index (χ4n) is 2.78. The maximum atomic E-state index is 13.3. The molecule has 0 heterocycles. The lowest BCUT2D eigenvalue weighted by Crippen LogP contribution is -2.25. The summed E-state index contributed by atoms with van der Waals surface area (Å²) in [4.78, 5) is 0. The first-order valence-corrected chi connectivity index (χ1v) is 5.98. The third-order valence-corrected chi connectivity index (χ3v) is 3.59. The molecule has 0 aliphatic heterocycles. The van der Waals surface area contributed by atoms with Crippen LogP contribution in [0.5, 0.6) is 5.75 Å². The van der Waals surface area contributed by atoms with Crippen molar-refractivity contribution in [3.8, 4) is 5.75 Å². The highest BCUT2D eigenvalue weighted by atomic mass is 19.1. The van der Waals surface area contributed by atoms with Gasteiger partial charge in [-0.25, -0.2) is 4.39 Å². The molecule has 0 spiro atoms. The highest BCUT2D eigenvalue weighted by Gasteiger charge is 2.32. The van der Waals surface area contributed by atoms with Gasteiger partial charge in [0, 0.05) is 12.0 Å². The van der Waals surface area contributed by atoms with Crippen molar-refractivity contribution in [3.05, 3.63) is 65.0 Å². The van der Waals surface area contributed by atoms with Gasteiger partial charge in [-0.3, -0.25) is 0 Å². The molecule has 3 heteroatoms. The highest BCUT2D eigenvalue weighted by molar-refractivity contribution is 5.48. The van der Waals surface area contributed by atoms with Crippen LogP contribution in [-0.4, -0.2) is 11.1 Å². The second-order valence-corrected chi connectivity index (χ2v) is 4.76. The quantitative estimate of drug-likeness (QED) is 0.808. The van der Waals surface area contributed by atoms with Gasteiger partial charge in [-0.15, -0.1) is 0 Å². The van der Waals surface area contributed by atoms with Gasteiger partial charge < -0.3 is 10.8 Å². The second kappa shape index (κ2) is 4.10. The molecule has 1 aliphatic rings. The average molecular weight is 243 g/mol.